The standard InChI is InChI=1S/C12H13F3N2O2/c13-12(14,15)19-10-3-1-2-8(6-10)11(18)17-5-4-9(16)7-17/h1-3,6,9H,4-5,7,16H2/t9-/m0/s1. The van der Waals surface area contributed by atoms with Crippen molar-refractivity contribution >= 4 is 5.91 Å². The van der Waals surface area contributed by atoms with Gasteiger partial charge in [0, 0.05) is 24.7 Å². The van der Waals surface area contributed by atoms with Gasteiger partial charge >= 0.3 is 6.36 Å². The molecule has 1 fully saturated rings. The summed E-state index contributed by atoms with van der Waals surface area (Å²) in [4.78, 5) is 13.6. The predicted molar refractivity (Wildman–Crippen MR) is 61.6 cm³/mol. The summed E-state index contributed by atoms with van der Waals surface area (Å²) in [6, 6.07) is 4.97. The number of carbonyl (C=O) groups is 1. The fraction of sp³-hybridized carbons (Fsp3) is 0.417. The van der Waals surface area contributed by atoms with Gasteiger partial charge in [-0.25, -0.2) is 0 Å². The number of amides is 1. The molecule has 0 radical (unpaired) electrons. The number of rotatable bonds is 2. The zero-order valence-electron chi connectivity index (χ0n) is 9.98. The van der Waals surface area contributed by atoms with E-state index in [0.717, 1.165) is 12.1 Å². The number of carbonyl (C=O) groups excluding carboxylic acids is 1. The molecule has 0 aliphatic carbocycles. The van der Waals surface area contributed by atoms with Crippen molar-refractivity contribution in [1.82, 2.24) is 4.90 Å². The molecule has 0 aromatic heterocycles. The SMILES string of the molecule is N[C@H]1CCN(C(=O)c2cccc(OC(F)(F)F)c2)C1. The van der Waals surface area contributed by atoms with Crippen molar-refractivity contribution in [1.29, 1.82) is 0 Å². The summed E-state index contributed by atoms with van der Waals surface area (Å²) >= 11 is 0. The van der Waals surface area contributed by atoms with Crippen molar-refractivity contribution in [3.8, 4) is 5.75 Å². The normalized spacial score (nSPS) is 19.6. The molecule has 104 valence electrons. The van der Waals surface area contributed by atoms with Crippen LogP contribution in [-0.4, -0.2) is 36.3 Å². The fourth-order valence-electron chi connectivity index (χ4n) is 1.98. The van der Waals surface area contributed by atoms with Crippen LogP contribution < -0.4 is 10.5 Å². The maximum Gasteiger partial charge on any atom is 0.573 e. The molecule has 0 bridgehead atoms. The molecule has 0 saturated carbocycles. The number of hydrogen-bond acceptors (Lipinski definition) is 3. The minimum Gasteiger partial charge on any atom is -0.406 e. The Labute approximate surface area is 107 Å². The van der Waals surface area contributed by atoms with Crippen LogP contribution >= 0.6 is 0 Å². The smallest absolute Gasteiger partial charge is 0.406 e. The van der Waals surface area contributed by atoms with Crippen molar-refractivity contribution in [2.24, 2.45) is 5.73 Å². The third kappa shape index (κ3) is 3.60. The molecule has 1 atom stereocenters. The molecule has 1 aromatic rings. The molecule has 1 aromatic carbocycles. The second kappa shape index (κ2) is 5.08. The number of alkyl halides is 3. The molecule has 2 N–H and O–H groups in total. The maximum absolute atomic E-state index is 12.1. The number of likely N-dealkylation sites (tertiary alicyclic amines) is 1. The number of hydrogen-bond donors (Lipinski definition) is 1. The van der Waals surface area contributed by atoms with Gasteiger partial charge in [0.1, 0.15) is 5.75 Å². The summed E-state index contributed by atoms with van der Waals surface area (Å²) in [6.45, 7) is 0.938. The lowest BCUT2D eigenvalue weighted by Gasteiger charge is -2.16. The first-order valence-corrected chi connectivity index (χ1v) is 5.76. The van der Waals surface area contributed by atoms with Gasteiger partial charge in [-0.15, -0.1) is 13.2 Å². The molecular formula is C12H13F3N2O2. The van der Waals surface area contributed by atoms with E-state index in [1.54, 1.807) is 0 Å². The van der Waals surface area contributed by atoms with Gasteiger partial charge < -0.3 is 15.4 Å². The van der Waals surface area contributed by atoms with Crippen LogP contribution in [0.2, 0.25) is 0 Å². The van der Waals surface area contributed by atoms with Gasteiger partial charge in [-0.1, -0.05) is 6.07 Å². The highest BCUT2D eigenvalue weighted by molar-refractivity contribution is 5.94. The van der Waals surface area contributed by atoms with E-state index in [4.69, 9.17) is 5.73 Å². The number of nitrogens with two attached hydrogens (primary N) is 1. The number of halogens is 3. The molecule has 1 heterocycles. The van der Waals surface area contributed by atoms with Crippen molar-refractivity contribution in [2.75, 3.05) is 13.1 Å². The minimum atomic E-state index is -4.77. The van der Waals surface area contributed by atoms with Gasteiger partial charge in [0.2, 0.25) is 0 Å². The number of nitrogens with zero attached hydrogens (tertiary/aromatic N) is 1. The van der Waals surface area contributed by atoms with Crippen LogP contribution in [-0.2, 0) is 0 Å². The van der Waals surface area contributed by atoms with E-state index < -0.39 is 12.1 Å². The Morgan fingerprint density at radius 2 is 2.16 bits per heavy atom. The van der Waals surface area contributed by atoms with Gasteiger partial charge in [-0.05, 0) is 24.6 Å². The van der Waals surface area contributed by atoms with Crippen LogP contribution in [0.4, 0.5) is 13.2 Å². The Bertz CT molecular complexity index is 476. The summed E-state index contributed by atoms with van der Waals surface area (Å²) in [7, 11) is 0. The largest absolute Gasteiger partial charge is 0.573 e. The first-order chi connectivity index (χ1) is 8.85. The third-order valence-corrected chi connectivity index (χ3v) is 2.83. The molecular weight excluding hydrogens is 261 g/mol. The molecule has 7 heteroatoms. The number of ether oxygens (including phenoxy) is 1. The van der Waals surface area contributed by atoms with Crippen LogP contribution in [0, 0.1) is 0 Å². The van der Waals surface area contributed by atoms with Gasteiger partial charge in [0.25, 0.3) is 5.91 Å². The highest BCUT2D eigenvalue weighted by Crippen LogP contribution is 2.24. The van der Waals surface area contributed by atoms with E-state index in [1.807, 2.05) is 0 Å². The first-order valence-electron chi connectivity index (χ1n) is 5.76. The van der Waals surface area contributed by atoms with Crippen molar-refractivity contribution in [3.05, 3.63) is 29.8 Å². The molecule has 0 unspecified atom stereocenters. The first kappa shape index (κ1) is 13.7. The quantitative estimate of drug-likeness (QED) is 0.894. The molecule has 0 spiro atoms. The zero-order chi connectivity index (χ0) is 14.0. The van der Waals surface area contributed by atoms with Crippen LogP contribution in [0.3, 0.4) is 0 Å². The van der Waals surface area contributed by atoms with Crippen molar-refractivity contribution in [3.63, 3.8) is 0 Å². The third-order valence-electron chi connectivity index (χ3n) is 2.83. The molecule has 2 rings (SSSR count). The predicted octanol–water partition coefficient (Wildman–Crippen LogP) is 1.76. The van der Waals surface area contributed by atoms with E-state index >= 15 is 0 Å². The maximum atomic E-state index is 12.1. The van der Waals surface area contributed by atoms with Gasteiger partial charge in [-0.2, -0.15) is 0 Å². The fourth-order valence-corrected chi connectivity index (χ4v) is 1.98. The van der Waals surface area contributed by atoms with Gasteiger partial charge in [0.05, 0.1) is 0 Å². The summed E-state index contributed by atoms with van der Waals surface area (Å²) < 4.78 is 40.1. The Hall–Kier alpha value is -1.76. The van der Waals surface area contributed by atoms with Crippen LogP contribution in [0.15, 0.2) is 24.3 Å². The van der Waals surface area contributed by atoms with Crippen molar-refractivity contribution < 1.29 is 22.7 Å². The Morgan fingerprint density at radius 3 is 2.74 bits per heavy atom. The molecule has 19 heavy (non-hydrogen) atoms. The van der Waals surface area contributed by atoms with E-state index in [2.05, 4.69) is 4.74 Å². The summed E-state index contributed by atoms with van der Waals surface area (Å²) in [6.07, 6.45) is -4.07. The van der Waals surface area contributed by atoms with E-state index in [1.165, 1.54) is 17.0 Å². The summed E-state index contributed by atoms with van der Waals surface area (Å²) in [5.74, 6) is -0.734. The Kier molecular flexibility index (Phi) is 3.66. The summed E-state index contributed by atoms with van der Waals surface area (Å²) in [5.41, 5.74) is 5.85. The molecule has 4 nitrogen and oxygen atoms in total. The van der Waals surface area contributed by atoms with Crippen LogP contribution in [0.25, 0.3) is 0 Å². The Morgan fingerprint density at radius 1 is 1.42 bits per heavy atom. The monoisotopic (exact) mass is 274 g/mol. The Balaban J connectivity index is 2.12. The molecule has 1 aliphatic rings. The summed E-state index contributed by atoms with van der Waals surface area (Å²) in [5, 5.41) is 0. The molecule has 1 aliphatic heterocycles. The lowest BCUT2D eigenvalue weighted by Crippen LogP contribution is -2.31. The van der Waals surface area contributed by atoms with E-state index in [0.29, 0.717) is 19.5 Å². The second-order valence-corrected chi connectivity index (χ2v) is 4.38. The highest BCUT2D eigenvalue weighted by atomic mass is 19.4. The highest BCUT2D eigenvalue weighted by Gasteiger charge is 2.31. The van der Waals surface area contributed by atoms with Gasteiger partial charge in [0.15, 0.2) is 0 Å². The van der Waals surface area contributed by atoms with E-state index in [-0.39, 0.29) is 17.5 Å². The molecule has 1 saturated heterocycles. The lowest BCUT2D eigenvalue weighted by molar-refractivity contribution is -0.274. The topological polar surface area (TPSA) is 55.6 Å². The van der Waals surface area contributed by atoms with E-state index in [9.17, 15) is 18.0 Å². The average Bonchev–Trinajstić information content (AvgIpc) is 2.73. The van der Waals surface area contributed by atoms with Crippen molar-refractivity contribution in [2.45, 2.75) is 18.8 Å². The van der Waals surface area contributed by atoms with Crippen LogP contribution in [0.1, 0.15) is 16.8 Å². The average molecular weight is 274 g/mol. The molecule has 1 amide bonds. The zero-order valence-corrected chi connectivity index (χ0v) is 9.98. The minimum absolute atomic E-state index is 0.0708. The second-order valence-electron chi connectivity index (χ2n) is 4.38. The van der Waals surface area contributed by atoms with Gasteiger partial charge in [-0.3, -0.25) is 4.79 Å². The van der Waals surface area contributed by atoms with Crippen LogP contribution in [0.5, 0.6) is 5.75 Å². The number of benzene rings is 1. The lowest BCUT2D eigenvalue weighted by atomic mass is 10.2.